The Hall–Kier alpha value is -0.860. The predicted molar refractivity (Wildman–Crippen MR) is 80.1 cm³/mol. The average Bonchev–Trinajstić information content (AvgIpc) is 2.28. The quantitative estimate of drug-likeness (QED) is 0.739. The molecular weight excluding hydrogens is 220 g/mol. The molecule has 1 rings (SSSR count). The lowest BCUT2D eigenvalue weighted by Crippen LogP contribution is -2.38. The SMILES string of the molecule is Cc1cccc(CCNC(C)CNCC(C)C)c1. The lowest BCUT2D eigenvalue weighted by atomic mass is 10.1. The molecule has 0 aromatic heterocycles. The van der Waals surface area contributed by atoms with E-state index in [-0.39, 0.29) is 0 Å². The first-order valence-electron chi connectivity index (χ1n) is 7.07. The van der Waals surface area contributed by atoms with E-state index in [2.05, 4.69) is 62.6 Å². The molecule has 1 unspecified atom stereocenters. The Bertz CT molecular complexity index is 334. The Morgan fingerprint density at radius 3 is 2.56 bits per heavy atom. The van der Waals surface area contributed by atoms with E-state index in [0.717, 1.165) is 32.0 Å². The van der Waals surface area contributed by atoms with E-state index in [1.165, 1.54) is 11.1 Å². The van der Waals surface area contributed by atoms with Crippen molar-refractivity contribution < 1.29 is 0 Å². The van der Waals surface area contributed by atoms with Crippen molar-refractivity contribution in [1.82, 2.24) is 10.6 Å². The van der Waals surface area contributed by atoms with E-state index in [1.807, 2.05) is 0 Å². The molecule has 0 bridgehead atoms. The lowest BCUT2D eigenvalue weighted by molar-refractivity contribution is 0.474. The molecule has 0 amide bonds. The van der Waals surface area contributed by atoms with Crippen LogP contribution in [0.4, 0.5) is 0 Å². The van der Waals surface area contributed by atoms with Gasteiger partial charge in [0, 0.05) is 12.6 Å². The van der Waals surface area contributed by atoms with Crippen LogP contribution in [0.15, 0.2) is 24.3 Å². The molecule has 0 saturated heterocycles. The summed E-state index contributed by atoms with van der Waals surface area (Å²) >= 11 is 0. The topological polar surface area (TPSA) is 24.1 Å². The van der Waals surface area contributed by atoms with Gasteiger partial charge in [0.15, 0.2) is 0 Å². The molecule has 1 aromatic rings. The fraction of sp³-hybridized carbons (Fsp3) is 0.625. The standard InChI is InChI=1S/C16H28N2/c1-13(2)11-17-12-15(4)18-9-8-16-7-5-6-14(3)10-16/h5-7,10,13,15,17-18H,8-9,11-12H2,1-4H3. The van der Waals surface area contributed by atoms with Crippen LogP contribution in [0, 0.1) is 12.8 Å². The van der Waals surface area contributed by atoms with Gasteiger partial charge in [-0.05, 0) is 44.8 Å². The number of hydrogen-bond acceptors (Lipinski definition) is 2. The Morgan fingerprint density at radius 2 is 1.89 bits per heavy atom. The van der Waals surface area contributed by atoms with E-state index in [1.54, 1.807) is 0 Å². The fourth-order valence-corrected chi connectivity index (χ4v) is 1.99. The zero-order chi connectivity index (χ0) is 13.4. The second-order valence-corrected chi connectivity index (χ2v) is 5.65. The Morgan fingerprint density at radius 1 is 1.11 bits per heavy atom. The average molecular weight is 248 g/mol. The lowest BCUT2D eigenvalue weighted by Gasteiger charge is -2.15. The molecule has 1 atom stereocenters. The van der Waals surface area contributed by atoms with Crippen LogP contribution in [0.25, 0.3) is 0 Å². The molecule has 0 heterocycles. The molecule has 1 aromatic carbocycles. The second-order valence-electron chi connectivity index (χ2n) is 5.65. The summed E-state index contributed by atoms with van der Waals surface area (Å²) in [5.41, 5.74) is 2.77. The minimum atomic E-state index is 0.536. The van der Waals surface area contributed by atoms with Crippen molar-refractivity contribution in [3.63, 3.8) is 0 Å². The number of rotatable bonds is 8. The maximum absolute atomic E-state index is 3.56. The van der Waals surface area contributed by atoms with Gasteiger partial charge in [-0.25, -0.2) is 0 Å². The van der Waals surface area contributed by atoms with Crippen LogP contribution in [0.2, 0.25) is 0 Å². The van der Waals surface area contributed by atoms with Gasteiger partial charge in [0.2, 0.25) is 0 Å². The summed E-state index contributed by atoms with van der Waals surface area (Å²) in [6.07, 6.45) is 1.11. The number of hydrogen-bond donors (Lipinski definition) is 2. The van der Waals surface area contributed by atoms with Crippen LogP contribution < -0.4 is 10.6 Å². The van der Waals surface area contributed by atoms with Crippen molar-refractivity contribution in [3.8, 4) is 0 Å². The second kappa shape index (κ2) is 8.28. The normalized spacial score (nSPS) is 12.9. The molecule has 0 fully saturated rings. The van der Waals surface area contributed by atoms with E-state index in [4.69, 9.17) is 0 Å². The molecule has 0 aliphatic heterocycles. The van der Waals surface area contributed by atoms with Crippen molar-refractivity contribution in [3.05, 3.63) is 35.4 Å². The van der Waals surface area contributed by atoms with Gasteiger partial charge in [-0.1, -0.05) is 43.7 Å². The maximum Gasteiger partial charge on any atom is 0.0164 e. The molecule has 0 aliphatic carbocycles. The molecule has 0 radical (unpaired) electrons. The first-order valence-corrected chi connectivity index (χ1v) is 7.07. The van der Waals surface area contributed by atoms with Crippen LogP contribution in [0.1, 0.15) is 31.9 Å². The Kier molecular flexibility index (Phi) is 6.99. The van der Waals surface area contributed by atoms with Crippen LogP contribution in [-0.4, -0.2) is 25.7 Å². The molecule has 2 heteroatoms. The van der Waals surface area contributed by atoms with Gasteiger partial charge >= 0.3 is 0 Å². The van der Waals surface area contributed by atoms with Crippen molar-refractivity contribution in [2.24, 2.45) is 5.92 Å². The van der Waals surface area contributed by atoms with Crippen LogP contribution in [-0.2, 0) is 6.42 Å². The highest BCUT2D eigenvalue weighted by Gasteiger charge is 2.01. The smallest absolute Gasteiger partial charge is 0.0164 e. The van der Waals surface area contributed by atoms with Gasteiger partial charge < -0.3 is 10.6 Å². The van der Waals surface area contributed by atoms with Gasteiger partial charge in [0.25, 0.3) is 0 Å². The summed E-state index contributed by atoms with van der Waals surface area (Å²) in [7, 11) is 0. The van der Waals surface area contributed by atoms with Crippen molar-refractivity contribution in [2.75, 3.05) is 19.6 Å². The fourth-order valence-electron chi connectivity index (χ4n) is 1.99. The first kappa shape index (κ1) is 15.2. The zero-order valence-electron chi connectivity index (χ0n) is 12.3. The molecule has 0 spiro atoms. The minimum absolute atomic E-state index is 0.536. The van der Waals surface area contributed by atoms with Crippen molar-refractivity contribution in [2.45, 2.75) is 40.2 Å². The molecule has 2 nitrogen and oxygen atoms in total. The molecule has 0 saturated carbocycles. The van der Waals surface area contributed by atoms with E-state index in [0.29, 0.717) is 6.04 Å². The minimum Gasteiger partial charge on any atom is -0.315 e. The van der Waals surface area contributed by atoms with E-state index in [9.17, 15) is 0 Å². The highest BCUT2D eigenvalue weighted by molar-refractivity contribution is 5.22. The zero-order valence-corrected chi connectivity index (χ0v) is 12.3. The molecule has 102 valence electrons. The van der Waals surface area contributed by atoms with Gasteiger partial charge in [-0.3, -0.25) is 0 Å². The maximum atomic E-state index is 3.56. The third-order valence-corrected chi connectivity index (χ3v) is 2.99. The van der Waals surface area contributed by atoms with Crippen molar-refractivity contribution in [1.29, 1.82) is 0 Å². The van der Waals surface area contributed by atoms with Gasteiger partial charge in [0.1, 0.15) is 0 Å². The number of aryl methyl sites for hydroxylation is 1. The summed E-state index contributed by atoms with van der Waals surface area (Å²) in [5, 5.41) is 7.04. The van der Waals surface area contributed by atoms with Gasteiger partial charge in [0.05, 0.1) is 0 Å². The summed E-state index contributed by atoms with van der Waals surface area (Å²) in [4.78, 5) is 0. The Balaban J connectivity index is 2.13. The third-order valence-electron chi connectivity index (χ3n) is 2.99. The van der Waals surface area contributed by atoms with E-state index >= 15 is 0 Å². The summed E-state index contributed by atoms with van der Waals surface area (Å²) in [6.45, 7) is 12.1. The molecule has 2 N–H and O–H groups in total. The summed E-state index contributed by atoms with van der Waals surface area (Å²) in [6, 6.07) is 9.29. The summed E-state index contributed by atoms with van der Waals surface area (Å²) < 4.78 is 0. The van der Waals surface area contributed by atoms with Gasteiger partial charge in [-0.2, -0.15) is 0 Å². The third kappa shape index (κ3) is 6.77. The largest absolute Gasteiger partial charge is 0.315 e. The molecule has 0 aliphatic rings. The number of benzene rings is 1. The van der Waals surface area contributed by atoms with Crippen molar-refractivity contribution >= 4 is 0 Å². The summed E-state index contributed by atoms with van der Waals surface area (Å²) in [5.74, 6) is 0.726. The van der Waals surface area contributed by atoms with Crippen LogP contribution in [0.5, 0.6) is 0 Å². The molecular formula is C16H28N2. The van der Waals surface area contributed by atoms with Crippen LogP contribution >= 0.6 is 0 Å². The Labute approximate surface area is 112 Å². The first-order chi connectivity index (χ1) is 8.58. The number of nitrogens with one attached hydrogen (secondary N) is 2. The van der Waals surface area contributed by atoms with Crippen LogP contribution in [0.3, 0.4) is 0 Å². The highest BCUT2D eigenvalue weighted by Crippen LogP contribution is 2.03. The van der Waals surface area contributed by atoms with Gasteiger partial charge in [-0.15, -0.1) is 0 Å². The molecule has 18 heavy (non-hydrogen) atoms. The monoisotopic (exact) mass is 248 g/mol. The predicted octanol–water partition coefficient (Wildman–Crippen LogP) is 2.76. The van der Waals surface area contributed by atoms with E-state index < -0.39 is 0 Å². The highest BCUT2D eigenvalue weighted by atomic mass is 15.0.